The molecule has 0 heteroatoms. The fourth-order valence-electron chi connectivity index (χ4n) is 0. The first-order chi connectivity index (χ1) is 5.74. The average molecular weight is 160 g/mol. The zero-order valence-corrected chi connectivity index (χ0v) is 7.93. The minimum atomic E-state index is 0.847. The molecule has 0 heterocycles. The molecule has 0 radical (unpaired) electrons. The smallest absolute Gasteiger partial charge is 0.00576 e. The highest BCUT2D eigenvalue weighted by molar-refractivity contribution is 5.03. The Labute approximate surface area is 76.7 Å². The van der Waals surface area contributed by atoms with Crippen molar-refractivity contribution in [3.8, 4) is 24.7 Å². The lowest BCUT2D eigenvalue weighted by molar-refractivity contribution is 1.28. The van der Waals surface area contributed by atoms with E-state index in [4.69, 9.17) is 6.42 Å². The average Bonchev–Trinajstić information content (AvgIpc) is 2.18. The van der Waals surface area contributed by atoms with Crippen molar-refractivity contribution in [2.24, 2.45) is 0 Å². The molecule has 0 nitrogen and oxygen atoms in total. The van der Waals surface area contributed by atoms with Gasteiger partial charge in [0.2, 0.25) is 0 Å². The van der Waals surface area contributed by atoms with E-state index in [1.165, 1.54) is 6.08 Å². The zero-order chi connectivity index (χ0) is 10.2. The second kappa shape index (κ2) is 34.3. The first-order valence-corrected chi connectivity index (χ1v) is 3.55. The van der Waals surface area contributed by atoms with Crippen LogP contribution in [-0.2, 0) is 0 Å². The Bertz CT molecular complexity index is 189. The van der Waals surface area contributed by atoms with Crippen molar-refractivity contribution in [3.05, 3.63) is 31.0 Å². The molecule has 0 aliphatic heterocycles. The standard InChI is InChI=1S/2C4H6.C4H4/c3*1-3-4-2/h4H,1H2,2H3;1H,4H2,2H3;1,4H,2H2. The molecule has 0 aromatic heterocycles. The molecule has 0 spiro atoms. The molecule has 0 fully saturated rings. The lowest BCUT2D eigenvalue weighted by atomic mass is 10.5. The van der Waals surface area contributed by atoms with Crippen molar-refractivity contribution >= 4 is 0 Å². The molecule has 0 rings (SSSR count). The molecule has 0 unspecified atom stereocenters. The van der Waals surface area contributed by atoms with Crippen LogP contribution in [0.3, 0.4) is 0 Å². The fraction of sp³-hybridized carbons (Fsp3) is 0.250. The number of allylic oxidation sites excluding steroid dienone is 2. The summed E-state index contributed by atoms with van der Waals surface area (Å²) in [5.74, 6) is 4.62. The van der Waals surface area contributed by atoms with Gasteiger partial charge in [-0.3, -0.25) is 0 Å². The van der Waals surface area contributed by atoms with Gasteiger partial charge in [-0.05, 0) is 19.1 Å². The van der Waals surface area contributed by atoms with E-state index in [2.05, 4.69) is 37.2 Å². The largest absolute Gasteiger partial charge is 0.133 e. The summed E-state index contributed by atoms with van der Waals surface area (Å²) >= 11 is 0. The van der Waals surface area contributed by atoms with E-state index < -0.39 is 0 Å². The predicted octanol–water partition coefficient (Wildman–Crippen LogP) is 3.18. The molecule has 0 bridgehead atoms. The van der Waals surface area contributed by atoms with Crippen LogP contribution in [0.5, 0.6) is 0 Å². The maximum absolute atomic E-state index is 4.78. The SMILES string of the molecule is C#CC=C.C#CCC.C=C=CC. The van der Waals surface area contributed by atoms with Crippen LogP contribution < -0.4 is 0 Å². The minimum absolute atomic E-state index is 0.847. The van der Waals surface area contributed by atoms with Crippen LogP contribution in [-0.4, -0.2) is 0 Å². The van der Waals surface area contributed by atoms with E-state index in [0.717, 1.165) is 6.42 Å². The third kappa shape index (κ3) is 240. The van der Waals surface area contributed by atoms with E-state index in [-0.39, 0.29) is 0 Å². The molecule has 12 heavy (non-hydrogen) atoms. The van der Waals surface area contributed by atoms with E-state index in [1.807, 2.05) is 13.8 Å². The number of hydrogen-bond donors (Lipinski definition) is 0. The molecule has 0 saturated heterocycles. The van der Waals surface area contributed by atoms with Gasteiger partial charge in [-0.25, -0.2) is 0 Å². The molecule has 0 amide bonds. The zero-order valence-electron chi connectivity index (χ0n) is 7.93. The van der Waals surface area contributed by atoms with Crippen LogP contribution in [0.4, 0.5) is 0 Å². The minimum Gasteiger partial charge on any atom is -0.133 e. The Morgan fingerprint density at radius 1 is 1.42 bits per heavy atom. The van der Waals surface area contributed by atoms with Crippen LogP contribution >= 0.6 is 0 Å². The van der Waals surface area contributed by atoms with Crippen LogP contribution in [0.1, 0.15) is 20.3 Å². The van der Waals surface area contributed by atoms with Gasteiger partial charge < -0.3 is 0 Å². The summed E-state index contributed by atoms with van der Waals surface area (Å²) in [6.45, 7) is 10.4. The normalized spacial score (nSPS) is 4.33. The Morgan fingerprint density at radius 3 is 1.67 bits per heavy atom. The number of terminal acetylenes is 2. The van der Waals surface area contributed by atoms with Crippen molar-refractivity contribution in [2.75, 3.05) is 0 Å². The van der Waals surface area contributed by atoms with Crippen LogP contribution in [0.15, 0.2) is 31.0 Å². The van der Waals surface area contributed by atoms with Gasteiger partial charge in [-0.1, -0.05) is 26.0 Å². The summed E-state index contributed by atoms with van der Waals surface area (Å²) in [7, 11) is 0. The summed E-state index contributed by atoms with van der Waals surface area (Å²) in [5, 5.41) is 0. The van der Waals surface area contributed by atoms with Crippen molar-refractivity contribution in [2.45, 2.75) is 20.3 Å². The summed E-state index contributed by atoms with van der Waals surface area (Å²) < 4.78 is 0. The molecular formula is C12H16. The van der Waals surface area contributed by atoms with Gasteiger partial charge in [-0.15, -0.1) is 24.5 Å². The lowest BCUT2D eigenvalue weighted by Gasteiger charge is -1.52. The number of hydrogen-bond acceptors (Lipinski definition) is 0. The Balaban J connectivity index is -0.000000101. The van der Waals surface area contributed by atoms with Crippen LogP contribution in [0.25, 0.3) is 0 Å². The molecule has 0 saturated carbocycles. The van der Waals surface area contributed by atoms with Crippen molar-refractivity contribution in [1.29, 1.82) is 0 Å². The van der Waals surface area contributed by atoms with Gasteiger partial charge in [0.15, 0.2) is 0 Å². The molecule has 64 valence electrons. The lowest BCUT2D eigenvalue weighted by Crippen LogP contribution is -1.38. The van der Waals surface area contributed by atoms with Gasteiger partial charge in [0, 0.05) is 6.42 Å². The van der Waals surface area contributed by atoms with Crippen molar-refractivity contribution in [1.82, 2.24) is 0 Å². The highest BCUT2D eigenvalue weighted by Gasteiger charge is 1.43. The molecule has 0 aliphatic carbocycles. The molecular weight excluding hydrogens is 144 g/mol. The van der Waals surface area contributed by atoms with Crippen LogP contribution in [0, 0.1) is 24.7 Å². The maximum atomic E-state index is 4.78. The second-order valence-corrected chi connectivity index (χ2v) is 1.42. The van der Waals surface area contributed by atoms with Crippen molar-refractivity contribution < 1.29 is 0 Å². The van der Waals surface area contributed by atoms with Gasteiger partial charge >= 0.3 is 0 Å². The first kappa shape index (κ1) is 16.8. The van der Waals surface area contributed by atoms with Gasteiger partial charge in [0.25, 0.3) is 0 Å². The van der Waals surface area contributed by atoms with Gasteiger partial charge in [0.05, 0.1) is 0 Å². The van der Waals surface area contributed by atoms with E-state index >= 15 is 0 Å². The number of rotatable bonds is 0. The van der Waals surface area contributed by atoms with Crippen molar-refractivity contribution in [3.63, 3.8) is 0 Å². The van der Waals surface area contributed by atoms with Crippen LogP contribution in [0.2, 0.25) is 0 Å². The Kier molecular flexibility index (Phi) is 48.0. The molecule has 0 aromatic carbocycles. The summed E-state index contributed by atoms with van der Waals surface area (Å²) in [5.41, 5.74) is 2.56. The van der Waals surface area contributed by atoms with E-state index in [9.17, 15) is 0 Å². The summed E-state index contributed by atoms with van der Waals surface area (Å²) in [6.07, 6.45) is 13.5. The summed E-state index contributed by atoms with van der Waals surface area (Å²) in [4.78, 5) is 0. The third-order valence-corrected chi connectivity index (χ3v) is 0.526. The highest BCUT2D eigenvalue weighted by atomic mass is 13.5. The third-order valence-electron chi connectivity index (χ3n) is 0.526. The predicted molar refractivity (Wildman–Crippen MR) is 57.5 cm³/mol. The second-order valence-electron chi connectivity index (χ2n) is 1.42. The summed E-state index contributed by atoms with van der Waals surface area (Å²) in [6, 6.07) is 0. The molecule has 0 N–H and O–H groups in total. The first-order valence-electron chi connectivity index (χ1n) is 3.55. The molecule has 0 aliphatic rings. The van der Waals surface area contributed by atoms with Gasteiger partial charge in [-0.2, -0.15) is 0 Å². The quantitative estimate of drug-likeness (QED) is 0.377. The Hall–Kier alpha value is -1.62. The highest BCUT2D eigenvalue weighted by Crippen LogP contribution is 1.58. The monoisotopic (exact) mass is 160 g/mol. The molecule has 0 aromatic rings. The Morgan fingerprint density at radius 2 is 1.67 bits per heavy atom. The maximum Gasteiger partial charge on any atom is 0.00576 e. The molecule has 0 atom stereocenters. The van der Waals surface area contributed by atoms with Gasteiger partial charge in [0.1, 0.15) is 0 Å². The fourth-order valence-corrected chi connectivity index (χ4v) is 0. The van der Waals surface area contributed by atoms with E-state index in [1.54, 1.807) is 6.08 Å². The van der Waals surface area contributed by atoms with E-state index in [0.29, 0.717) is 0 Å². The topological polar surface area (TPSA) is 0 Å².